The monoisotopic (exact) mass is 377 g/mol. The van der Waals surface area contributed by atoms with Gasteiger partial charge in [0.1, 0.15) is 16.8 Å². The van der Waals surface area contributed by atoms with E-state index in [1.807, 2.05) is 12.1 Å². The molecule has 1 aliphatic rings. The normalized spacial score (nSPS) is 15.3. The first-order valence-corrected chi connectivity index (χ1v) is 9.87. The number of carbonyl (C=O) groups is 1. The van der Waals surface area contributed by atoms with Gasteiger partial charge in [0.15, 0.2) is 9.84 Å². The molecule has 1 heterocycles. The SMILES string of the molecule is COc1cccc2c1N(C(=O)[C@@H](C)S(=O)(=O)c1ccc(F)cc1)CCC2. The van der Waals surface area contributed by atoms with Crippen molar-refractivity contribution in [3.05, 3.63) is 53.8 Å². The molecule has 2 aromatic carbocycles. The van der Waals surface area contributed by atoms with E-state index in [0.717, 1.165) is 30.5 Å². The number of carbonyl (C=O) groups excluding carboxylic acids is 1. The van der Waals surface area contributed by atoms with E-state index in [2.05, 4.69) is 0 Å². The minimum Gasteiger partial charge on any atom is -0.495 e. The summed E-state index contributed by atoms with van der Waals surface area (Å²) < 4.78 is 44.0. The highest BCUT2D eigenvalue weighted by Gasteiger charge is 2.36. The highest BCUT2D eigenvalue weighted by Crippen LogP contribution is 2.37. The first-order chi connectivity index (χ1) is 12.4. The second-order valence-electron chi connectivity index (χ2n) is 6.20. The van der Waals surface area contributed by atoms with E-state index >= 15 is 0 Å². The lowest BCUT2D eigenvalue weighted by Crippen LogP contribution is -2.44. The number of sulfone groups is 1. The lowest BCUT2D eigenvalue weighted by molar-refractivity contribution is -0.118. The van der Waals surface area contributed by atoms with Gasteiger partial charge < -0.3 is 9.64 Å². The highest BCUT2D eigenvalue weighted by molar-refractivity contribution is 7.92. The van der Waals surface area contributed by atoms with Crippen LogP contribution in [0.15, 0.2) is 47.4 Å². The molecule has 1 aliphatic heterocycles. The van der Waals surface area contributed by atoms with Gasteiger partial charge in [-0.1, -0.05) is 12.1 Å². The van der Waals surface area contributed by atoms with Crippen molar-refractivity contribution in [1.29, 1.82) is 0 Å². The number of fused-ring (bicyclic) bond motifs is 1. The molecule has 0 fully saturated rings. The van der Waals surface area contributed by atoms with Gasteiger partial charge in [0.2, 0.25) is 5.91 Å². The molecule has 0 N–H and O–H groups in total. The van der Waals surface area contributed by atoms with Gasteiger partial charge >= 0.3 is 0 Å². The number of anilines is 1. The third kappa shape index (κ3) is 3.19. The Labute approximate surface area is 152 Å². The summed E-state index contributed by atoms with van der Waals surface area (Å²) in [6.07, 6.45) is 1.55. The Bertz CT molecular complexity index is 911. The van der Waals surface area contributed by atoms with Crippen LogP contribution >= 0.6 is 0 Å². The fraction of sp³-hybridized carbons (Fsp3) is 0.316. The molecule has 0 radical (unpaired) electrons. The molecule has 138 valence electrons. The van der Waals surface area contributed by atoms with Crippen LogP contribution in [0, 0.1) is 5.82 Å². The predicted molar refractivity (Wildman–Crippen MR) is 96.7 cm³/mol. The Morgan fingerprint density at radius 3 is 2.54 bits per heavy atom. The molecule has 0 aliphatic carbocycles. The summed E-state index contributed by atoms with van der Waals surface area (Å²) in [6.45, 7) is 1.79. The van der Waals surface area contributed by atoms with E-state index in [0.29, 0.717) is 18.0 Å². The van der Waals surface area contributed by atoms with Crippen LogP contribution in [0.5, 0.6) is 5.75 Å². The largest absolute Gasteiger partial charge is 0.495 e. The number of aryl methyl sites for hydroxylation is 1. The van der Waals surface area contributed by atoms with Crippen LogP contribution < -0.4 is 9.64 Å². The lowest BCUT2D eigenvalue weighted by atomic mass is 10.0. The Hall–Kier alpha value is -2.41. The van der Waals surface area contributed by atoms with Crippen molar-refractivity contribution < 1.29 is 22.3 Å². The minimum atomic E-state index is -3.93. The van der Waals surface area contributed by atoms with Crippen molar-refractivity contribution in [2.24, 2.45) is 0 Å². The molecule has 7 heteroatoms. The standard InChI is InChI=1S/C19H20FNO4S/c1-13(26(23,24)16-10-8-15(20)9-11-16)19(22)21-12-4-6-14-5-3-7-17(25-2)18(14)21/h3,5,7-11,13H,4,6,12H2,1-2H3/t13-/m1/s1. The molecule has 1 atom stereocenters. The van der Waals surface area contributed by atoms with Crippen LogP contribution in [-0.2, 0) is 21.1 Å². The van der Waals surface area contributed by atoms with E-state index < -0.39 is 26.8 Å². The summed E-state index contributed by atoms with van der Waals surface area (Å²) >= 11 is 0. The van der Waals surface area contributed by atoms with Gasteiger partial charge in [0.25, 0.3) is 0 Å². The smallest absolute Gasteiger partial charge is 0.245 e. The molecule has 0 spiro atoms. The third-order valence-electron chi connectivity index (χ3n) is 4.62. The van der Waals surface area contributed by atoms with Gasteiger partial charge in [0, 0.05) is 6.54 Å². The number of methoxy groups -OCH3 is 1. The third-order valence-corrected chi connectivity index (χ3v) is 6.68. The second kappa shape index (κ2) is 7.07. The maximum Gasteiger partial charge on any atom is 0.245 e. The Balaban J connectivity index is 1.97. The van der Waals surface area contributed by atoms with E-state index in [1.54, 1.807) is 6.07 Å². The number of benzene rings is 2. The second-order valence-corrected chi connectivity index (χ2v) is 8.47. The fourth-order valence-corrected chi connectivity index (χ4v) is 4.50. The number of rotatable bonds is 4. The number of para-hydroxylation sites is 1. The number of nitrogens with zero attached hydrogens (tertiary/aromatic N) is 1. The first kappa shape index (κ1) is 18.4. The van der Waals surface area contributed by atoms with Gasteiger partial charge in [-0.25, -0.2) is 12.8 Å². The van der Waals surface area contributed by atoms with Gasteiger partial charge in [-0.3, -0.25) is 4.79 Å². The quantitative estimate of drug-likeness (QED) is 0.769. The van der Waals surface area contributed by atoms with Crippen LogP contribution in [0.4, 0.5) is 10.1 Å². The van der Waals surface area contributed by atoms with Crippen molar-refractivity contribution in [3.63, 3.8) is 0 Å². The minimum absolute atomic E-state index is 0.0722. The van der Waals surface area contributed by atoms with Crippen LogP contribution in [0.25, 0.3) is 0 Å². The summed E-state index contributed by atoms with van der Waals surface area (Å²) in [4.78, 5) is 14.5. The molecule has 0 bridgehead atoms. The molecular formula is C19H20FNO4S. The van der Waals surface area contributed by atoms with Crippen molar-refractivity contribution >= 4 is 21.4 Å². The van der Waals surface area contributed by atoms with Crippen molar-refractivity contribution in [3.8, 4) is 5.75 Å². The van der Waals surface area contributed by atoms with Crippen molar-refractivity contribution in [2.45, 2.75) is 29.9 Å². The molecule has 5 nitrogen and oxygen atoms in total. The zero-order valence-corrected chi connectivity index (χ0v) is 15.4. The number of ether oxygens (including phenoxy) is 1. The summed E-state index contributed by atoms with van der Waals surface area (Å²) in [6, 6.07) is 10.0. The average molecular weight is 377 g/mol. The van der Waals surface area contributed by atoms with Crippen LogP contribution in [0.2, 0.25) is 0 Å². The maximum absolute atomic E-state index is 13.1. The molecule has 26 heavy (non-hydrogen) atoms. The number of halogens is 1. The number of hydrogen-bond donors (Lipinski definition) is 0. The molecular weight excluding hydrogens is 357 g/mol. The Kier molecular flexibility index (Phi) is 5.00. The predicted octanol–water partition coefficient (Wildman–Crippen LogP) is 2.98. The van der Waals surface area contributed by atoms with Crippen molar-refractivity contribution in [1.82, 2.24) is 0 Å². The summed E-state index contributed by atoms with van der Waals surface area (Å²) in [5.74, 6) is -0.501. The summed E-state index contributed by atoms with van der Waals surface area (Å²) in [7, 11) is -2.41. The molecule has 1 amide bonds. The Morgan fingerprint density at radius 2 is 1.88 bits per heavy atom. The van der Waals surface area contributed by atoms with E-state index in [9.17, 15) is 17.6 Å². The molecule has 0 aromatic heterocycles. The summed E-state index contributed by atoms with van der Waals surface area (Å²) in [5, 5.41) is -1.29. The molecule has 0 unspecified atom stereocenters. The summed E-state index contributed by atoms with van der Waals surface area (Å²) in [5.41, 5.74) is 1.59. The first-order valence-electron chi connectivity index (χ1n) is 8.33. The molecule has 3 rings (SSSR count). The number of hydrogen-bond acceptors (Lipinski definition) is 4. The van der Waals surface area contributed by atoms with Crippen LogP contribution in [-0.4, -0.2) is 33.2 Å². The van der Waals surface area contributed by atoms with E-state index in [-0.39, 0.29) is 4.90 Å². The molecule has 2 aromatic rings. The van der Waals surface area contributed by atoms with E-state index in [1.165, 1.54) is 31.1 Å². The van der Waals surface area contributed by atoms with E-state index in [4.69, 9.17) is 4.74 Å². The van der Waals surface area contributed by atoms with Crippen LogP contribution in [0.3, 0.4) is 0 Å². The fourth-order valence-electron chi connectivity index (χ4n) is 3.18. The maximum atomic E-state index is 13.1. The number of amides is 1. The van der Waals surface area contributed by atoms with Gasteiger partial charge in [-0.05, 0) is 55.7 Å². The molecule has 0 saturated carbocycles. The Morgan fingerprint density at radius 1 is 1.19 bits per heavy atom. The molecule has 0 saturated heterocycles. The van der Waals surface area contributed by atoms with Crippen LogP contribution in [0.1, 0.15) is 18.9 Å². The van der Waals surface area contributed by atoms with Gasteiger partial charge in [0.05, 0.1) is 17.7 Å². The van der Waals surface area contributed by atoms with Gasteiger partial charge in [-0.15, -0.1) is 0 Å². The van der Waals surface area contributed by atoms with Crippen molar-refractivity contribution in [2.75, 3.05) is 18.6 Å². The zero-order valence-electron chi connectivity index (χ0n) is 14.6. The highest BCUT2D eigenvalue weighted by atomic mass is 32.2. The lowest BCUT2D eigenvalue weighted by Gasteiger charge is -2.32. The average Bonchev–Trinajstić information content (AvgIpc) is 2.66. The zero-order chi connectivity index (χ0) is 18.9. The topological polar surface area (TPSA) is 63.7 Å². The van der Waals surface area contributed by atoms with Gasteiger partial charge in [-0.2, -0.15) is 0 Å².